The van der Waals surface area contributed by atoms with Gasteiger partial charge < -0.3 is 15.2 Å². The molecule has 0 saturated carbocycles. The van der Waals surface area contributed by atoms with Crippen LogP contribution in [0.5, 0.6) is 0 Å². The van der Waals surface area contributed by atoms with Crippen LogP contribution in [0.25, 0.3) is 0 Å². The van der Waals surface area contributed by atoms with Gasteiger partial charge in [-0.15, -0.1) is 0 Å². The molecular formula is C23H33N5O3S. The third-order valence-electron chi connectivity index (χ3n) is 6.65. The lowest BCUT2D eigenvalue weighted by atomic mass is 9.90. The van der Waals surface area contributed by atoms with Gasteiger partial charge in [0, 0.05) is 26.2 Å². The van der Waals surface area contributed by atoms with Gasteiger partial charge in [-0.1, -0.05) is 30.3 Å². The molecule has 0 bridgehead atoms. The van der Waals surface area contributed by atoms with Crippen LogP contribution < -0.4 is 5.32 Å². The van der Waals surface area contributed by atoms with E-state index in [-0.39, 0.29) is 23.4 Å². The molecule has 2 aliphatic heterocycles. The Hall–Kier alpha value is -2.23. The fourth-order valence-electron chi connectivity index (χ4n) is 4.74. The number of imidazole rings is 1. The summed E-state index contributed by atoms with van der Waals surface area (Å²) in [4.78, 5) is 21.6. The predicted molar refractivity (Wildman–Crippen MR) is 122 cm³/mol. The van der Waals surface area contributed by atoms with Crippen molar-refractivity contribution in [2.24, 2.45) is 11.8 Å². The molecule has 1 aromatic carbocycles. The molecule has 1 atom stereocenters. The fraction of sp³-hybridized carbons (Fsp3) is 0.565. The number of aromatic nitrogens is 2. The summed E-state index contributed by atoms with van der Waals surface area (Å²) < 4.78 is 26.8. The van der Waals surface area contributed by atoms with Crippen molar-refractivity contribution in [2.75, 3.05) is 39.3 Å². The van der Waals surface area contributed by atoms with Gasteiger partial charge in [0.05, 0.1) is 18.4 Å². The van der Waals surface area contributed by atoms with E-state index in [4.69, 9.17) is 0 Å². The molecule has 2 aromatic rings. The minimum Gasteiger partial charge on any atom is -0.355 e. The average Bonchev–Trinajstić information content (AvgIpc) is 3.37. The lowest BCUT2D eigenvalue weighted by Gasteiger charge is -2.33. The first-order valence-corrected chi connectivity index (χ1v) is 13.0. The van der Waals surface area contributed by atoms with Crippen LogP contribution in [0.15, 0.2) is 47.9 Å². The number of hydrogen-bond acceptors (Lipinski definition) is 5. The van der Waals surface area contributed by atoms with E-state index >= 15 is 0 Å². The Kier molecular flexibility index (Phi) is 7.59. The number of nitrogens with one attached hydrogen (secondary N) is 2. The summed E-state index contributed by atoms with van der Waals surface area (Å²) in [6.45, 7) is 4.22. The van der Waals surface area contributed by atoms with Gasteiger partial charge in [-0.2, -0.15) is 4.31 Å². The van der Waals surface area contributed by atoms with Crippen LogP contribution in [-0.4, -0.2) is 72.8 Å². The van der Waals surface area contributed by atoms with Crippen molar-refractivity contribution < 1.29 is 13.2 Å². The van der Waals surface area contributed by atoms with Gasteiger partial charge in [0.1, 0.15) is 0 Å². The van der Waals surface area contributed by atoms with Crippen molar-refractivity contribution in [1.82, 2.24) is 24.5 Å². The Balaban J connectivity index is 1.18. The maximum atomic E-state index is 12.7. The van der Waals surface area contributed by atoms with E-state index in [9.17, 15) is 13.2 Å². The second-order valence-corrected chi connectivity index (χ2v) is 10.8. The maximum Gasteiger partial charge on any atom is 0.260 e. The summed E-state index contributed by atoms with van der Waals surface area (Å²) in [6.07, 6.45) is 7.57. The zero-order valence-electron chi connectivity index (χ0n) is 18.4. The van der Waals surface area contributed by atoms with Crippen LogP contribution in [0.2, 0.25) is 0 Å². The molecule has 3 heterocycles. The first kappa shape index (κ1) is 22.9. The Morgan fingerprint density at radius 2 is 1.91 bits per heavy atom. The van der Waals surface area contributed by atoms with Gasteiger partial charge >= 0.3 is 0 Å². The quantitative estimate of drug-likeness (QED) is 0.628. The standard InChI is InChI=1S/C23H33N5O3S/c29-23(21-7-4-11-28(17-21)32(30,31)22-16-24-18-26-22)25-10-14-27-12-8-20(9-13-27)15-19-5-2-1-3-6-19/h1-3,5-6,16,18,20-21H,4,7-15,17H2,(H,24,26)(H,25,29)/t21-/m0/s1. The van der Waals surface area contributed by atoms with Crippen molar-refractivity contribution in [3.8, 4) is 0 Å². The van der Waals surface area contributed by atoms with Gasteiger partial charge in [0.2, 0.25) is 5.91 Å². The SMILES string of the molecule is O=C(NCCN1CCC(Cc2ccccc2)CC1)[C@H]1CCCN(S(=O)(=O)c2cnc[nH]2)C1. The van der Waals surface area contributed by atoms with Crippen molar-refractivity contribution in [2.45, 2.75) is 37.1 Å². The summed E-state index contributed by atoms with van der Waals surface area (Å²) >= 11 is 0. The van der Waals surface area contributed by atoms with Gasteiger partial charge in [-0.25, -0.2) is 13.4 Å². The highest BCUT2D eigenvalue weighted by Crippen LogP contribution is 2.23. The van der Waals surface area contributed by atoms with Crippen LogP contribution in [-0.2, 0) is 21.2 Å². The number of hydrogen-bond donors (Lipinski definition) is 2. The Bertz CT molecular complexity index is 957. The van der Waals surface area contributed by atoms with Crippen LogP contribution in [0.4, 0.5) is 0 Å². The number of piperidine rings is 2. The second kappa shape index (κ2) is 10.6. The minimum absolute atomic E-state index is 0.0477. The van der Waals surface area contributed by atoms with Crippen molar-refractivity contribution >= 4 is 15.9 Å². The zero-order valence-corrected chi connectivity index (χ0v) is 19.3. The third kappa shape index (κ3) is 5.76. The monoisotopic (exact) mass is 459 g/mol. The Labute approximate surface area is 190 Å². The van der Waals surface area contributed by atoms with E-state index < -0.39 is 10.0 Å². The average molecular weight is 460 g/mol. The lowest BCUT2D eigenvalue weighted by Crippen LogP contribution is -2.47. The van der Waals surface area contributed by atoms with Crippen LogP contribution >= 0.6 is 0 Å². The van der Waals surface area contributed by atoms with E-state index in [1.54, 1.807) is 0 Å². The molecule has 9 heteroatoms. The van der Waals surface area contributed by atoms with Crippen LogP contribution in [0, 0.1) is 11.8 Å². The summed E-state index contributed by atoms with van der Waals surface area (Å²) in [7, 11) is -3.62. The Morgan fingerprint density at radius 1 is 1.12 bits per heavy atom. The fourth-order valence-corrected chi connectivity index (χ4v) is 6.16. The highest BCUT2D eigenvalue weighted by molar-refractivity contribution is 7.89. The van der Waals surface area contributed by atoms with Gasteiger partial charge in [-0.05, 0) is 56.7 Å². The van der Waals surface area contributed by atoms with Crippen molar-refractivity contribution in [3.05, 3.63) is 48.4 Å². The summed E-state index contributed by atoms with van der Waals surface area (Å²) in [6, 6.07) is 10.7. The lowest BCUT2D eigenvalue weighted by molar-refractivity contribution is -0.126. The summed E-state index contributed by atoms with van der Waals surface area (Å²) in [5.41, 5.74) is 1.41. The molecule has 2 aliphatic rings. The summed E-state index contributed by atoms with van der Waals surface area (Å²) in [5.74, 6) is 0.375. The normalized spacial score (nSPS) is 21.4. The molecule has 2 N–H and O–H groups in total. The number of amides is 1. The smallest absolute Gasteiger partial charge is 0.260 e. The first-order valence-electron chi connectivity index (χ1n) is 11.5. The van der Waals surface area contributed by atoms with E-state index in [1.807, 2.05) is 0 Å². The molecule has 0 aliphatic carbocycles. The number of rotatable bonds is 8. The predicted octanol–water partition coefficient (Wildman–Crippen LogP) is 1.88. The number of aromatic amines is 1. The van der Waals surface area contributed by atoms with E-state index in [2.05, 4.69) is 50.5 Å². The maximum absolute atomic E-state index is 12.7. The number of benzene rings is 1. The van der Waals surface area contributed by atoms with Gasteiger partial charge in [0.25, 0.3) is 10.0 Å². The molecule has 0 unspecified atom stereocenters. The molecule has 2 saturated heterocycles. The number of likely N-dealkylation sites (tertiary alicyclic amines) is 1. The molecule has 1 aromatic heterocycles. The number of nitrogens with zero attached hydrogens (tertiary/aromatic N) is 3. The van der Waals surface area contributed by atoms with Gasteiger partial charge in [-0.3, -0.25) is 4.79 Å². The van der Waals surface area contributed by atoms with Crippen LogP contribution in [0.1, 0.15) is 31.2 Å². The number of carbonyl (C=O) groups is 1. The molecule has 2 fully saturated rings. The van der Waals surface area contributed by atoms with Crippen LogP contribution in [0.3, 0.4) is 0 Å². The number of sulfonamides is 1. The highest BCUT2D eigenvalue weighted by atomic mass is 32.2. The van der Waals surface area contributed by atoms with E-state index in [1.165, 1.54) is 35.2 Å². The molecule has 0 radical (unpaired) electrons. The van der Waals surface area contributed by atoms with Crippen molar-refractivity contribution in [1.29, 1.82) is 0 Å². The number of H-pyrrole nitrogens is 1. The first-order chi connectivity index (χ1) is 15.5. The largest absolute Gasteiger partial charge is 0.355 e. The zero-order chi connectivity index (χ0) is 22.4. The molecule has 174 valence electrons. The molecule has 8 nitrogen and oxygen atoms in total. The minimum atomic E-state index is -3.62. The van der Waals surface area contributed by atoms with E-state index in [0.29, 0.717) is 25.9 Å². The molecule has 32 heavy (non-hydrogen) atoms. The molecule has 1 amide bonds. The molecule has 4 rings (SSSR count). The van der Waals surface area contributed by atoms with E-state index in [0.717, 1.165) is 32.0 Å². The second-order valence-electron chi connectivity index (χ2n) is 8.88. The Morgan fingerprint density at radius 3 is 2.62 bits per heavy atom. The summed E-state index contributed by atoms with van der Waals surface area (Å²) in [5, 5.41) is 3.11. The number of carbonyl (C=O) groups excluding carboxylic acids is 1. The van der Waals surface area contributed by atoms with Crippen molar-refractivity contribution in [3.63, 3.8) is 0 Å². The molecule has 0 spiro atoms. The third-order valence-corrected chi connectivity index (χ3v) is 8.44. The van der Waals surface area contributed by atoms with Gasteiger partial charge in [0.15, 0.2) is 5.03 Å². The molecular weight excluding hydrogens is 426 g/mol. The highest BCUT2D eigenvalue weighted by Gasteiger charge is 2.34. The topological polar surface area (TPSA) is 98.4 Å².